The van der Waals surface area contributed by atoms with Crippen LogP contribution in [0, 0.1) is 25.2 Å². The number of nitrogens with zero attached hydrogens (tertiary/aromatic N) is 5. The molecule has 0 amide bonds. The van der Waals surface area contributed by atoms with Gasteiger partial charge in [-0.2, -0.15) is 5.26 Å². The number of hydrogen-bond acceptors (Lipinski definition) is 6. The monoisotopic (exact) mass is 444 g/mol. The van der Waals surface area contributed by atoms with Crippen molar-refractivity contribution in [3.05, 3.63) is 94.5 Å². The van der Waals surface area contributed by atoms with Gasteiger partial charge in [-0.15, -0.1) is 0 Å². The first-order chi connectivity index (χ1) is 16.6. The van der Waals surface area contributed by atoms with Gasteiger partial charge >= 0.3 is 0 Å². The minimum Gasteiger partial charge on any atom is -0.339 e. The number of nitriles is 1. The molecule has 7 nitrogen and oxygen atoms in total. The second-order valence-corrected chi connectivity index (χ2v) is 8.42. The number of anilines is 2. The van der Waals surface area contributed by atoms with Crippen molar-refractivity contribution in [2.45, 2.75) is 20.3 Å². The fraction of sp³-hybridized carbons (Fsp3) is 0.111. The van der Waals surface area contributed by atoms with Crippen molar-refractivity contribution >= 4 is 39.2 Å². The van der Waals surface area contributed by atoms with Crippen molar-refractivity contribution in [3.63, 3.8) is 0 Å². The molecule has 34 heavy (non-hydrogen) atoms. The van der Waals surface area contributed by atoms with Crippen molar-refractivity contribution in [3.8, 4) is 6.07 Å². The van der Waals surface area contributed by atoms with Gasteiger partial charge in [-0.05, 0) is 59.6 Å². The summed E-state index contributed by atoms with van der Waals surface area (Å²) in [6, 6.07) is 24.5. The number of hydrogen-bond donors (Lipinski definition) is 1. The Morgan fingerprint density at radius 3 is 2.56 bits per heavy atom. The van der Waals surface area contributed by atoms with E-state index in [0.717, 1.165) is 39.2 Å². The lowest BCUT2D eigenvalue weighted by molar-refractivity contribution is 0.315. The van der Waals surface area contributed by atoms with E-state index in [-0.39, 0.29) is 0 Å². The summed E-state index contributed by atoms with van der Waals surface area (Å²) in [4.78, 5) is 4.82. The standard InChI is InChI=1S/C27H20N6O/c1-16-10-12-18(13-11-16)14-19-17(2)20(15-28)27-29-21-6-3-4-9-24(21)33(27)26(19)30-22-7-5-8-23-25(22)32-34-31-23/h3-13,30H,14H2,1-2H3. The molecule has 3 heterocycles. The molecule has 0 saturated carbocycles. The smallest absolute Gasteiger partial charge is 0.158 e. The Hall–Kier alpha value is -4.70. The number of aromatic nitrogens is 4. The highest BCUT2D eigenvalue weighted by atomic mass is 16.6. The SMILES string of the molecule is Cc1ccc(Cc2c(C)c(C#N)c3nc4ccccc4n3c2Nc2cccc3nonc23)cc1. The fourth-order valence-corrected chi connectivity index (χ4v) is 4.48. The molecular formula is C27H20N6O. The van der Waals surface area contributed by atoms with Crippen LogP contribution in [0.15, 0.2) is 71.4 Å². The topological polar surface area (TPSA) is 92.0 Å². The molecule has 0 aliphatic heterocycles. The summed E-state index contributed by atoms with van der Waals surface area (Å²) in [5, 5.41) is 21.8. The predicted molar refractivity (Wildman–Crippen MR) is 131 cm³/mol. The zero-order valence-corrected chi connectivity index (χ0v) is 18.7. The number of para-hydroxylation sites is 2. The van der Waals surface area contributed by atoms with Crippen LogP contribution in [0.5, 0.6) is 0 Å². The summed E-state index contributed by atoms with van der Waals surface area (Å²) in [5.74, 6) is 0.844. The van der Waals surface area contributed by atoms with Gasteiger partial charge in [-0.25, -0.2) is 9.61 Å². The second kappa shape index (κ2) is 7.71. The Kier molecular flexibility index (Phi) is 4.52. The van der Waals surface area contributed by atoms with Gasteiger partial charge in [0, 0.05) is 12.0 Å². The molecular weight excluding hydrogens is 424 g/mol. The lowest BCUT2D eigenvalue weighted by Gasteiger charge is -2.19. The Balaban J connectivity index is 1.68. The number of nitrogens with one attached hydrogen (secondary N) is 1. The first-order valence-electron chi connectivity index (χ1n) is 11.0. The van der Waals surface area contributed by atoms with Gasteiger partial charge in [0.25, 0.3) is 0 Å². The highest BCUT2D eigenvalue weighted by molar-refractivity contribution is 5.92. The molecule has 6 aromatic rings. The van der Waals surface area contributed by atoms with E-state index in [4.69, 9.17) is 9.61 Å². The van der Waals surface area contributed by atoms with Crippen LogP contribution in [0.3, 0.4) is 0 Å². The van der Waals surface area contributed by atoms with E-state index in [2.05, 4.69) is 52.9 Å². The van der Waals surface area contributed by atoms with Crippen LogP contribution in [0.2, 0.25) is 0 Å². The van der Waals surface area contributed by atoms with Crippen LogP contribution in [0.25, 0.3) is 27.7 Å². The van der Waals surface area contributed by atoms with Gasteiger partial charge in [0.05, 0.1) is 22.3 Å². The van der Waals surface area contributed by atoms with Crippen LogP contribution in [-0.2, 0) is 6.42 Å². The van der Waals surface area contributed by atoms with E-state index in [1.807, 2.05) is 53.8 Å². The minimum absolute atomic E-state index is 0.574. The third-order valence-corrected chi connectivity index (χ3v) is 6.27. The molecule has 3 aromatic carbocycles. The van der Waals surface area contributed by atoms with Crippen molar-refractivity contribution < 1.29 is 4.63 Å². The summed E-state index contributed by atoms with van der Waals surface area (Å²) in [5.41, 5.74) is 9.32. The molecule has 0 saturated heterocycles. The molecule has 0 fully saturated rings. The molecule has 0 bridgehead atoms. The maximum absolute atomic E-state index is 10.1. The average Bonchev–Trinajstić information content (AvgIpc) is 3.48. The Labute approximate surface area is 195 Å². The maximum Gasteiger partial charge on any atom is 0.158 e. The van der Waals surface area contributed by atoms with Gasteiger partial charge in [0.15, 0.2) is 11.2 Å². The molecule has 0 spiro atoms. The van der Waals surface area contributed by atoms with E-state index in [1.54, 1.807) is 0 Å². The van der Waals surface area contributed by atoms with Crippen molar-refractivity contribution in [1.29, 1.82) is 5.26 Å². The molecule has 6 rings (SSSR count). The zero-order valence-electron chi connectivity index (χ0n) is 18.7. The second-order valence-electron chi connectivity index (χ2n) is 8.42. The Bertz CT molecular complexity index is 1740. The van der Waals surface area contributed by atoms with E-state index in [0.29, 0.717) is 28.7 Å². The van der Waals surface area contributed by atoms with Crippen molar-refractivity contribution in [2.24, 2.45) is 0 Å². The summed E-state index contributed by atoms with van der Waals surface area (Å²) in [6.07, 6.45) is 0.651. The first kappa shape index (κ1) is 19.9. The molecule has 1 N–H and O–H groups in total. The highest BCUT2D eigenvalue weighted by Gasteiger charge is 2.22. The van der Waals surface area contributed by atoms with Gasteiger partial charge < -0.3 is 5.32 Å². The lowest BCUT2D eigenvalue weighted by Crippen LogP contribution is -2.09. The molecule has 0 aliphatic rings. The maximum atomic E-state index is 10.1. The molecule has 7 heteroatoms. The summed E-state index contributed by atoms with van der Waals surface area (Å²) in [7, 11) is 0. The number of benzene rings is 3. The van der Waals surface area contributed by atoms with Crippen molar-refractivity contribution in [2.75, 3.05) is 5.32 Å². The number of rotatable bonds is 4. The molecule has 0 aliphatic carbocycles. The van der Waals surface area contributed by atoms with Gasteiger partial charge in [0.1, 0.15) is 17.4 Å². The first-order valence-corrected chi connectivity index (χ1v) is 11.0. The van der Waals surface area contributed by atoms with Crippen LogP contribution < -0.4 is 5.32 Å². The van der Waals surface area contributed by atoms with Gasteiger partial charge in [-0.1, -0.05) is 48.0 Å². The van der Waals surface area contributed by atoms with E-state index in [9.17, 15) is 5.26 Å². The highest BCUT2D eigenvalue weighted by Crippen LogP contribution is 2.35. The Morgan fingerprint density at radius 1 is 0.941 bits per heavy atom. The van der Waals surface area contributed by atoms with Gasteiger partial charge in [-0.3, -0.25) is 4.40 Å². The molecule has 0 unspecified atom stereocenters. The van der Waals surface area contributed by atoms with Gasteiger partial charge in [0.2, 0.25) is 0 Å². The number of imidazole rings is 1. The third kappa shape index (κ3) is 3.08. The summed E-state index contributed by atoms with van der Waals surface area (Å²) >= 11 is 0. The quantitative estimate of drug-likeness (QED) is 0.367. The lowest BCUT2D eigenvalue weighted by atomic mass is 9.97. The van der Waals surface area contributed by atoms with E-state index >= 15 is 0 Å². The number of aryl methyl sites for hydroxylation is 1. The largest absolute Gasteiger partial charge is 0.339 e. The van der Waals surface area contributed by atoms with E-state index in [1.165, 1.54) is 5.56 Å². The molecule has 3 aromatic heterocycles. The third-order valence-electron chi connectivity index (χ3n) is 6.27. The molecule has 164 valence electrons. The fourth-order valence-electron chi connectivity index (χ4n) is 4.48. The van der Waals surface area contributed by atoms with Crippen LogP contribution in [0.4, 0.5) is 11.5 Å². The molecule has 0 radical (unpaired) electrons. The van der Waals surface area contributed by atoms with Crippen molar-refractivity contribution in [1.82, 2.24) is 19.7 Å². The van der Waals surface area contributed by atoms with E-state index < -0.39 is 0 Å². The Morgan fingerprint density at radius 2 is 1.74 bits per heavy atom. The summed E-state index contributed by atoms with van der Waals surface area (Å²) in [6.45, 7) is 4.07. The number of pyridine rings is 1. The molecule has 0 atom stereocenters. The average molecular weight is 444 g/mol. The zero-order chi connectivity index (χ0) is 23.2. The normalized spacial score (nSPS) is 11.3. The van der Waals surface area contributed by atoms with Crippen LogP contribution >= 0.6 is 0 Å². The van der Waals surface area contributed by atoms with Crippen LogP contribution in [-0.4, -0.2) is 19.7 Å². The predicted octanol–water partition coefficient (Wildman–Crippen LogP) is 5.85. The minimum atomic E-state index is 0.574. The van der Waals surface area contributed by atoms with Crippen LogP contribution in [0.1, 0.15) is 27.8 Å². The summed E-state index contributed by atoms with van der Waals surface area (Å²) < 4.78 is 7.02. The number of fused-ring (bicyclic) bond motifs is 4.